The third-order valence-corrected chi connectivity index (χ3v) is 4.36. The van der Waals surface area contributed by atoms with Crippen molar-refractivity contribution < 1.29 is 9.53 Å². The van der Waals surface area contributed by atoms with Gasteiger partial charge in [-0.25, -0.2) is 0 Å². The van der Waals surface area contributed by atoms with Crippen molar-refractivity contribution in [2.75, 3.05) is 6.54 Å². The van der Waals surface area contributed by atoms with Crippen molar-refractivity contribution in [3.63, 3.8) is 0 Å². The van der Waals surface area contributed by atoms with Crippen LogP contribution in [0.4, 0.5) is 0 Å². The molecule has 2 N–H and O–H groups in total. The molecule has 1 saturated heterocycles. The van der Waals surface area contributed by atoms with E-state index in [1.165, 1.54) is 0 Å². The first-order chi connectivity index (χ1) is 10.5. The number of benzene rings is 1. The highest BCUT2D eigenvalue weighted by Gasteiger charge is 2.39. The topological polar surface area (TPSA) is 50.4 Å². The van der Waals surface area contributed by atoms with Gasteiger partial charge in [0.15, 0.2) is 0 Å². The largest absolute Gasteiger partial charge is 0.491 e. The Morgan fingerprint density at radius 2 is 2.13 bits per heavy atom. The Morgan fingerprint density at radius 3 is 2.70 bits per heavy atom. The maximum atomic E-state index is 12.6. The first-order valence-corrected chi connectivity index (χ1v) is 8.29. The van der Waals surface area contributed by atoms with Gasteiger partial charge in [0, 0.05) is 0 Å². The van der Waals surface area contributed by atoms with Crippen molar-refractivity contribution in [1.82, 2.24) is 10.6 Å². The maximum absolute atomic E-state index is 12.6. The van der Waals surface area contributed by atoms with E-state index in [-0.39, 0.29) is 36.0 Å². The highest BCUT2D eigenvalue weighted by molar-refractivity contribution is 5.87. The van der Waals surface area contributed by atoms with Crippen LogP contribution in [0, 0.1) is 0 Å². The molecule has 1 aliphatic heterocycles. The summed E-state index contributed by atoms with van der Waals surface area (Å²) in [5, 5.41) is 6.53. The normalized spacial score (nSPS) is 21.6. The van der Waals surface area contributed by atoms with Crippen LogP contribution in [0.5, 0.6) is 5.75 Å². The predicted octanol–water partition coefficient (Wildman–Crippen LogP) is 3.61. The molecule has 1 fully saturated rings. The van der Waals surface area contributed by atoms with Gasteiger partial charge in [0.1, 0.15) is 5.75 Å². The van der Waals surface area contributed by atoms with E-state index in [0.717, 1.165) is 37.1 Å². The molecular weight excluding hydrogens is 312 g/mol. The third-order valence-electron chi connectivity index (χ3n) is 4.36. The lowest BCUT2D eigenvalue weighted by atomic mass is 9.92. The zero-order valence-electron chi connectivity index (χ0n) is 14.5. The van der Waals surface area contributed by atoms with Gasteiger partial charge in [0.2, 0.25) is 5.91 Å². The van der Waals surface area contributed by atoms with Crippen molar-refractivity contribution in [2.24, 2.45) is 0 Å². The van der Waals surface area contributed by atoms with Crippen molar-refractivity contribution in [3.05, 3.63) is 29.8 Å². The smallest absolute Gasteiger partial charge is 0.240 e. The molecule has 1 amide bonds. The van der Waals surface area contributed by atoms with Crippen molar-refractivity contribution in [1.29, 1.82) is 0 Å². The Labute approximate surface area is 145 Å². The standard InChI is InChI=1S/C18H28N2O2.ClH/c1-5-18(10-7-11-19-18)17(21)20-14(4)15-8-6-9-16(12-15)22-13(2)3;/h6,8-9,12-14,19H,5,7,10-11H2,1-4H3,(H,20,21);1H. The summed E-state index contributed by atoms with van der Waals surface area (Å²) >= 11 is 0. The van der Waals surface area contributed by atoms with Gasteiger partial charge in [-0.15, -0.1) is 12.4 Å². The minimum atomic E-state index is -0.389. The van der Waals surface area contributed by atoms with Gasteiger partial charge in [-0.3, -0.25) is 4.79 Å². The van der Waals surface area contributed by atoms with Gasteiger partial charge < -0.3 is 15.4 Å². The molecule has 23 heavy (non-hydrogen) atoms. The van der Waals surface area contributed by atoms with Gasteiger partial charge in [-0.1, -0.05) is 19.1 Å². The molecule has 0 aromatic heterocycles. The predicted molar refractivity (Wildman–Crippen MR) is 96.3 cm³/mol. The van der Waals surface area contributed by atoms with Gasteiger partial charge in [-0.05, 0) is 64.3 Å². The number of carbonyl (C=O) groups excluding carboxylic acids is 1. The number of hydrogen-bond donors (Lipinski definition) is 2. The summed E-state index contributed by atoms with van der Waals surface area (Å²) in [6, 6.07) is 7.92. The van der Waals surface area contributed by atoms with Crippen LogP contribution < -0.4 is 15.4 Å². The van der Waals surface area contributed by atoms with Crippen LogP contribution in [0.1, 0.15) is 58.6 Å². The second kappa shape index (κ2) is 8.55. The highest BCUT2D eigenvalue weighted by atomic mass is 35.5. The Morgan fingerprint density at radius 1 is 1.39 bits per heavy atom. The van der Waals surface area contributed by atoms with Crippen molar-refractivity contribution >= 4 is 18.3 Å². The van der Waals surface area contributed by atoms with Crippen LogP contribution in [0.2, 0.25) is 0 Å². The highest BCUT2D eigenvalue weighted by Crippen LogP contribution is 2.25. The summed E-state index contributed by atoms with van der Waals surface area (Å²) in [7, 11) is 0. The van der Waals surface area contributed by atoms with Crippen molar-refractivity contribution in [2.45, 2.75) is 64.6 Å². The quantitative estimate of drug-likeness (QED) is 0.831. The fourth-order valence-corrected chi connectivity index (χ4v) is 3.01. The monoisotopic (exact) mass is 340 g/mol. The van der Waals surface area contributed by atoms with Crippen molar-refractivity contribution in [3.8, 4) is 5.75 Å². The molecule has 1 heterocycles. The molecule has 0 saturated carbocycles. The summed E-state index contributed by atoms with van der Waals surface area (Å²) in [5.41, 5.74) is 0.677. The molecule has 2 atom stereocenters. The number of amides is 1. The molecule has 2 rings (SSSR count). The molecule has 4 nitrogen and oxygen atoms in total. The Hall–Kier alpha value is -1.26. The Bertz CT molecular complexity index is 513. The van der Waals surface area contributed by atoms with E-state index in [0.29, 0.717) is 0 Å². The molecule has 130 valence electrons. The van der Waals surface area contributed by atoms with Crippen LogP contribution >= 0.6 is 12.4 Å². The summed E-state index contributed by atoms with van der Waals surface area (Å²) in [4.78, 5) is 12.6. The number of rotatable bonds is 6. The molecule has 0 bridgehead atoms. The lowest BCUT2D eigenvalue weighted by Crippen LogP contribution is -2.53. The maximum Gasteiger partial charge on any atom is 0.240 e. The summed E-state index contributed by atoms with van der Waals surface area (Å²) < 4.78 is 5.73. The van der Waals surface area contributed by atoms with Gasteiger partial charge >= 0.3 is 0 Å². The van der Waals surface area contributed by atoms with E-state index in [9.17, 15) is 4.79 Å². The molecular formula is C18H29ClN2O2. The molecule has 0 spiro atoms. The summed E-state index contributed by atoms with van der Waals surface area (Å²) in [6.07, 6.45) is 2.94. The minimum absolute atomic E-state index is 0. The van der Waals surface area contributed by atoms with Crippen LogP contribution in [0.25, 0.3) is 0 Å². The van der Waals surface area contributed by atoms with E-state index in [1.807, 2.05) is 45.0 Å². The number of hydrogen-bond acceptors (Lipinski definition) is 3. The Balaban J connectivity index is 0.00000264. The first-order valence-electron chi connectivity index (χ1n) is 8.29. The fraction of sp³-hybridized carbons (Fsp3) is 0.611. The lowest BCUT2D eigenvalue weighted by molar-refractivity contribution is -0.128. The van der Waals surface area contributed by atoms with Gasteiger partial charge in [0.25, 0.3) is 0 Å². The zero-order valence-corrected chi connectivity index (χ0v) is 15.3. The number of halogens is 1. The SMILES string of the molecule is CCC1(C(=O)NC(C)c2cccc(OC(C)C)c2)CCCN1.Cl. The average Bonchev–Trinajstić information content (AvgIpc) is 2.97. The average molecular weight is 341 g/mol. The van der Waals surface area contributed by atoms with Crippen LogP contribution in [-0.2, 0) is 4.79 Å². The number of ether oxygens (including phenoxy) is 1. The van der Waals surface area contributed by atoms with E-state index in [4.69, 9.17) is 4.74 Å². The minimum Gasteiger partial charge on any atom is -0.491 e. The molecule has 1 aliphatic rings. The van der Waals surface area contributed by atoms with Crippen LogP contribution in [0.15, 0.2) is 24.3 Å². The molecule has 0 aliphatic carbocycles. The first kappa shape index (κ1) is 19.8. The van der Waals surface area contributed by atoms with Gasteiger partial charge in [0.05, 0.1) is 17.7 Å². The number of carbonyl (C=O) groups is 1. The summed E-state index contributed by atoms with van der Waals surface area (Å²) in [6.45, 7) is 9.03. The third kappa shape index (κ3) is 4.85. The Kier molecular flexibility index (Phi) is 7.36. The molecule has 5 heteroatoms. The van der Waals surface area contributed by atoms with Crippen LogP contribution in [-0.4, -0.2) is 24.1 Å². The molecule has 1 aromatic carbocycles. The van der Waals surface area contributed by atoms with Crippen LogP contribution in [0.3, 0.4) is 0 Å². The van der Waals surface area contributed by atoms with E-state index in [1.54, 1.807) is 0 Å². The fourth-order valence-electron chi connectivity index (χ4n) is 3.01. The molecule has 0 radical (unpaired) electrons. The van der Waals surface area contributed by atoms with E-state index < -0.39 is 0 Å². The second-order valence-electron chi connectivity index (χ2n) is 6.40. The van der Waals surface area contributed by atoms with E-state index in [2.05, 4.69) is 17.6 Å². The number of nitrogens with one attached hydrogen (secondary N) is 2. The second-order valence-corrected chi connectivity index (χ2v) is 6.40. The zero-order chi connectivity index (χ0) is 16.2. The van der Waals surface area contributed by atoms with E-state index >= 15 is 0 Å². The summed E-state index contributed by atoms with van der Waals surface area (Å²) in [5.74, 6) is 0.952. The molecule has 1 aromatic rings. The lowest BCUT2D eigenvalue weighted by Gasteiger charge is -2.29. The van der Waals surface area contributed by atoms with Gasteiger partial charge in [-0.2, -0.15) is 0 Å². The molecule has 2 unspecified atom stereocenters.